The van der Waals surface area contributed by atoms with Gasteiger partial charge in [-0.05, 0) is 37.2 Å². The van der Waals surface area contributed by atoms with Crippen molar-refractivity contribution in [3.63, 3.8) is 0 Å². The number of nitrogens with two attached hydrogens (primary N) is 1. The number of nitrogens with one attached hydrogen (secondary N) is 2. The Bertz CT molecular complexity index is 1110. The second-order valence-electron chi connectivity index (χ2n) is 6.40. The van der Waals surface area contributed by atoms with Crippen molar-refractivity contribution in [1.29, 1.82) is 0 Å². The van der Waals surface area contributed by atoms with Gasteiger partial charge < -0.3 is 15.8 Å². The molecule has 0 saturated heterocycles. The number of hydrogen-bond acceptors (Lipinski definition) is 7. The third kappa shape index (κ3) is 5.12. The molecule has 1 unspecified atom stereocenters. The summed E-state index contributed by atoms with van der Waals surface area (Å²) < 4.78 is 6.10. The predicted molar refractivity (Wildman–Crippen MR) is 114 cm³/mol. The lowest BCUT2D eigenvalue weighted by Crippen LogP contribution is -2.36. The van der Waals surface area contributed by atoms with Gasteiger partial charge in [0, 0.05) is 12.6 Å². The van der Waals surface area contributed by atoms with Gasteiger partial charge in [-0.15, -0.1) is 12.3 Å². The van der Waals surface area contributed by atoms with Crippen LogP contribution in [0.5, 0.6) is 0 Å². The number of ether oxygens (including phenoxy) is 1. The number of hydrogen-bond donors (Lipinski definition) is 3. The van der Waals surface area contributed by atoms with Crippen molar-refractivity contribution in [2.24, 2.45) is 5.73 Å². The summed E-state index contributed by atoms with van der Waals surface area (Å²) in [5.41, 5.74) is 9.17. The van der Waals surface area contributed by atoms with Gasteiger partial charge in [0.1, 0.15) is 5.82 Å². The van der Waals surface area contributed by atoms with Crippen LogP contribution in [-0.2, 0) is 4.74 Å². The standard InChI is InChI=1S/C21H22N6O3/c1-2-8-17(23-13-7-14-30-21(22)29)19-25-16-11-6-12-24-18(16)20(28)27(19)26-15-9-4-3-5-10-15/h1,3-6,9-12,17,23,26H,7-8,13-14H2,(H2,22,29). The largest absolute Gasteiger partial charge is 0.450 e. The Morgan fingerprint density at radius 2 is 2.07 bits per heavy atom. The molecular formula is C21H22N6O3. The van der Waals surface area contributed by atoms with Crippen molar-refractivity contribution in [3.8, 4) is 12.3 Å². The zero-order chi connectivity index (χ0) is 21.3. The fraction of sp³-hybridized carbons (Fsp3) is 0.238. The Labute approximate surface area is 173 Å². The normalized spacial score (nSPS) is 11.6. The molecule has 154 valence electrons. The zero-order valence-electron chi connectivity index (χ0n) is 16.2. The summed E-state index contributed by atoms with van der Waals surface area (Å²) in [5, 5.41) is 3.27. The minimum Gasteiger partial charge on any atom is -0.450 e. The molecule has 2 heterocycles. The van der Waals surface area contributed by atoms with Gasteiger partial charge in [-0.1, -0.05) is 18.2 Å². The number of aromatic nitrogens is 3. The van der Waals surface area contributed by atoms with Gasteiger partial charge in [0.2, 0.25) is 0 Å². The number of fused-ring (bicyclic) bond motifs is 1. The molecule has 4 N–H and O–H groups in total. The molecule has 3 rings (SSSR count). The van der Waals surface area contributed by atoms with E-state index < -0.39 is 12.1 Å². The van der Waals surface area contributed by atoms with Gasteiger partial charge in [0.05, 0.1) is 23.9 Å². The number of nitrogens with zero attached hydrogens (tertiary/aromatic N) is 3. The Hall–Kier alpha value is -3.90. The second kappa shape index (κ2) is 10.0. The summed E-state index contributed by atoms with van der Waals surface area (Å²) >= 11 is 0. The average Bonchev–Trinajstić information content (AvgIpc) is 2.75. The molecule has 0 bridgehead atoms. The number of rotatable bonds is 9. The van der Waals surface area contributed by atoms with Gasteiger partial charge in [-0.2, -0.15) is 0 Å². The quantitative estimate of drug-likeness (QED) is 0.366. The molecule has 1 aromatic carbocycles. The highest BCUT2D eigenvalue weighted by atomic mass is 16.5. The Balaban J connectivity index is 1.95. The first-order valence-corrected chi connectivity index (χ1v) is 9.39. The fourth-order valence-corrected chi connectivity index (χ4v) is 2.91. The van der Waals surface area contributed by atoms with E-state index in [1.807, 2.05) is 30.3 Å². The third-order valence-corrected chi connectivity index (χ3v) is 4.26. The number of terminal acetylenes is 1. The minimum absolute atomic E-state index is 0.176. The van der Waals surface area contributed by atoms with E-state index in [1.54, 1.807) is 18.3 Å². The number of benzene rings is 1. The number of pyridine rings is 1. The van der Waals surface area contributed by atoms with Crippen molar-refractivity contribution in [2.45, 2.75) is 18.9 Å². The molecule has 0 aliphatic rings. The van der Waals surface area contributed by atoms with Gasteiger partial charge in [0.15, 0.2) is 5.52 Å². The lowest BCUT2D eigenvalue weighted by molar-refractivity contribution is 0.155. The summed E-state index contributed by atoms with van der Waals surface area (Å²) in [6.45, 7) is 0.654. The fourth-order valence-electron chi connectivity index (χ4n) is 2.91. The summed E-state index contributed by atoms with van der Waals surface area (Å²) in [6.07, 6.45) is 7.12. The van der Waals surface area contributed by atoms with Crippen LogP contribution in [0.3, 0.4) is 0 Å². The number of para-hydroxylation sites is 1. The van der Waals surface area contributed by atoms with E-state index in [0.29, 0.717) is 36.4 Å². The number of amides is 1. The molecular weight excluding hydrogens is 384 g/mol. The van der Waals surface area contributed by atoms with Crippen molar-refractivity contribution >= 4 is 22.8 Å². The van der Waals surface area contributed by atoms with Crippen LogP contribution >= 0.6 is 0 Å². The molecule has 0 aliphatic heterocycles. The molecule has 0 saturated carbocycles. The lowest BCUT2D eigenvalue weighted by Gasteiger charge is -2.21. The van der Waals surface area contributed by atoms with E-state index in [1.165, 1.54) is 4.68 Å². The summed E-state index contributed by atoms with van der Waals surface area (Å²) in [5.74, 6) is 3.05. The monoisotopic (exact) mass is 406 g/mol. The van der Waals surface area contributed by atoms with Crippen LogP contribution in [0.2, 0.25) is 0 Å². The SMILES string of the molecule is C#CCC(NCCCOC(N)=O)c1nc2cccnc2c(=O)n1Nc1ccccc1. The van der Waals surface area contributed by atoms with Crippen molar-refractivity contribution in [3.05, 3.63) is 64.8 Å². The van der Waals surface area contributed by atoms with E-state index in [0.717, 1.165) is 0 Å². The van der Waals surface area contributed by atoms with Gasteiger partial charge in [-0.25, -0.2) is 19.4 Å². The molecule has 30 heavy (non-hydrogen) atoms. The highest BCUT2D eigenvalue weighted by Crippen LogP contribution is 2.17. The molecule has 2 aromatic heterocycles. The van der Waals surface area contributed by atoms with Crippen LogP contribution in [0.1, 0.15) is 24.7 Å². The molecule has 3 aromatic rings. The zero-order valence-corrected chi connectivity index (χ0v) is 16.2. The maximum atomic E-state index is 13.2. The van der Waals surface area contributed by atoms with Crippen molar-refractivity contribution in [1.82, 2.24) is 20.0 Å². The van der Waals surface area contributed by atoms with Crippen LogP contribution in [0.15, 0.2) is 53.5 Å². The predicted octanol–water partition coefficient (Wildman–Crippen LogP) is 1.81. The van der Waals surface area contributed by atoms with Gasteiger partial charge in [0.25, 0.3) is 5.56 Å². The third-order valence-electron chi connectivity index (χ3n) is 4.26. The van der Waals surface area contributed by atoms with Crippen molar-refractivity contribution < 1.29 is 9.53 Å². The molecule has 0 radical (unpaired) electrons. The topological polar surface area (TPSA) is 124 Å². The van der Waals surface area contributed by atoms with Crippen LogP contribution in [0.25, 0.3) is 11.0 Å². The first-order chi connectivity index (χ1) is 14.6. The number of carbonyl (C=O) groups is 1. The molecule has 9 heteroatoms. The Kier molecular flexibility index (Phi) is 6.97. The average molecular weight is 406 g/mol. The van der Waals surface area contributed by atoms with Crippen LogP contribution in [-0.4, -0.2) is 33.9 Å². The number of carbonyl (C=O) groups excluding carboxylic acids is 1. The maximum absolute atomic E-state index is 13.2. The Morgan fingerprint density at radius 3 is 2.80 bits per heavy atom. The number of primary amides is 1. The molecule has 1 amide bonds. The second-order valence-corrected chi connectivity index (χ2v) is 6.40. The molecule has 9 nitrogen and oxygen atoms in total. The van der Waals surface area contributed by atoms with Gasteiger partial charge >= 0.3 is 6.09 Å². The highest BCUT2D eigenvalue weighted by Gasteiger charge is 2.20. The first-order valence-electron chi connectivity index (χ1n) is 9.39. The molecule has 0 spiro atoms. The smallest absolute Gasteiger partial charge is 0.404 e. The van der Waals surface area contributed by atoms with E-state index in [2.05, 4.69) is 26.6 Å². The summed E-state index contributed by atoms with van der Waals surface area (Å²) in [6, 6.07) is 12.3. The molecule has 1 atom stereocenters. The molecule has 0 fully saturated rings. The van der Waals surface area contributed by atoms with Crippen LogP contribution < -0.4 is 22.0 Å². The maximum Gasteiger partial charge on any atom is 0.404 e. The van der Waals surface area contributed by atoms with E-state index >= 15 is 0 Å². The van der Waals surface area contributed by atoms with Crippen LogP contribution in [0, 0.1) is 12.3 Å². The Morgan fingerprint density at radius 1 is 1.27 bits per heavy atom. The minimum atomic E-state index is -0.820. The van der Waals surface area contributed by atoms with Crippen LogP contribution in [0.4, 0.5) is 10.5 Å². The first kappa shape index (κ1) is 20.8. The number of anilines is 1. The summed E-state index contributed by atoms with van der Waals surface area (Å²) in [4.78, 5) is 32.7. The van der Waals surface area contributed by atoms with E-state index in [4.69, 9.17) is 16.9 Å². The van der Waals surface area contributed by atoms with E-state index in [-0.39, 0.29) is 17.7 Å². The summed E-state index contributed by atoms with van der Waals surface area (Å²) in [7, 11) is 0. The molecule has 0 aliphatic carbocycles. The lowest BCUT2D eigenvalue weighted by atomic mass is 10.2. The highest BCUT2D eigenvalue weighted by molar-refractivity contribution is 5.72. The van der Waals surface area contributed by atoms with Crippen molar-refractivity contribution in [2.75, 3.05) is 18.6 Å². The van der Waals surface area contributed by atoms with E-state index in [9.17, 15) is 9.59 Å². The van der Waals surface area contributed by atoms with Gasteiger partial charge in [-0.3, -0.25) is 10.2 Å².